The van der Waals surface area contributed by atoms with Crippen LogP contribution in [0.25, 0.3) is 0 Å². The fraction of sp³-hybridized carbons (Fsp3) is 1.00. The first-order valence-corrected chi connectivity index (χ1v) is 15.0. The summed E-state index contributed by atoms with van der Waals surface area (Å²) in [5.74, 6) is 4.21. The van der Waals surface area contributed by atoms with Gasteiger partial charge in [-0.15, -0.1) is 0 Å². The zero-order valence-electron chi connectivity index (χ0n) is 18.3. The van der Waals surface area contributed by atoms with E-state index in [-0.39, 0.29) is 0 Å². The Morgan fingerprint density at radius 1 is 0.556 bits per heavy atom. The van der Waals surface area contributed by atoms with Gasteiger partial charge >= 0.3 is 0 Å². The Bertz CT molecular complexity index is 421. The molecule has 4 fully saturated rings. The summed E-state index contributed by atoms with van der Waals surface area (Å²) in [7, 11) is -1.71. The van der Waals surface area contributed by atoms with Gasteiger partial charge in [-0.25, -0.2) is 0 Å². The average Bonchev–Trinajstić information content (AvgIpc) is 2.73. The van der Waals surface area contributed by atoms with Crippen molar-refractivity contribution in [1.82, 2.24) is 9.96 Å². The number of hydrogen-bond acceptors (Lipinski definition) is 2. The molecule has 0 saturated heterocycles. The van der Waals surface area contributed by atoms with Crippen molar-refractivity contribution in [3.63, 3.8) is 0 Å². The smallest absolute Gasteiger partial charge is 0.208 e. The summed E-state index contributed by atoms with van der Waals surface area (Å²) >= 11 is 0. The first kappa shape index (κ1) is 20.4. The van der Waals surface area contributed by atoms with Crippen molar-refractivity contribution in [3.05, 3.63) is 0 Å². The minimum Gasteiger partial charge on any atom is -0.325 e. The highest BCUT2D eigenvalue weighted by Gasteiger charge is 2.56. The molecule has 0 aromatic rings. The highest BCUT2D eigenvalue weighted by molar-refractivity contribution is 6.78. The molecule has 6 atom stereocenters. The van der Waals surface area contributed by atoms with Crippen LogP contribution >= 0.6 is 0 Å². The van der Waals surface area contributed by atoms with Crippen molar-refractivity contribution >= 4 is 8.40 Å². The van der Waals surface area contributed by atoms with E-state index in [9.17, 15) is 0 Å². The average molecular weight is 391 g/mol. The molecular weight excluding hydrogens is 344 g/mol. The largest absolute Gasteiger partial charge is 0.325 e. The van der Waals surface area contributed by atoms with Crippen LogP contribution in [-0.2, 0) is 0 Å². The maximum atomic E-state index is 4.33. The summed E-state index contributed by atoms with van der Waals surface area (Å²) < 4.78 is 0. The lowest BCUT2D eigenvalue weighted by Gasteiger charge is -2.57. The third kappa shape index (κ3) is 3.94. The third-order valence-electron chi connectivity index (χ3n) is 9.26. The molecule has 4 aliphatic carbocycles. The second kappa shape index (κ2) is 9.30. The fourth-order valence-electron chi connectivity index (χ4n) is 8.45. The lowest BCUT2D eigenvalue weighted by atomic mass is 9.70. The molecule has 2 N–H and O–H groups in total. The standard InChI is InChI=1S/C24H46N2Si/c1-3-25-27(26-4-2,23-17-9-13-19-11-5-7-15-21(19)23)24-18-10-14-20-12-6-8-16-22(20)24/h19-26H,3-18H2,1-2H3. The molecule has 6 unspecified atom stereocenters. The van der Waals surface area contributed by atoms with Crippen molar-refractivity contribution in [2.45, 2.75) is 115 Å². The molecule has 2 nitrogen and oxygen atoms in total. The molecule has 3 heteroatoms. The minimum atomic E-state index is -1.71. The third-order valence-corrected chi connectivity index (χ3v) is 14.9. The van der Waals surface area contributed by atoms with Crippen LogP contribution in [0, 0.1) is 23.7 Å². The summed E-state index contributed by atoms with van der Waals surface area (Å²) in [6, 6.07) is 0. The van der Waals surface area contributed by atoms with Gasteiger partial charge in [-0.05, 0) is 47.8 Å². The van der Waals surface area contributed by atoms with E-state index < -0.39 is 8.40 Å². The van der Waals surface area contributed by atoms with E-state index in [0.717, 1.165) is 34.8 Å². The van der Waals surface area contributed by atoms with Crippen LogP contribution in [0.3, 0.4) is 0 Å². The molecule has 0 spiro atoms. The zero-order valence-corrected chi connectivity index (χ0v) is 19.3. The van der Waals surface area contributed by atoms with E-state index in [1.54, 1.807) is 38.5 Å². The number of fused-ring (bicyclic) bond motifs is 2. The molecule has 0 aromatic heterocycles. The second-order valence-corrected chi connectivity index (χ2v) is 14.3. The first-order chi connectivity index (χ1) is 13.3. The number of hydrogen-bond donors (Lipinski definition) is 2. The number of nitrogens with one attached hydrogen (secondary N) is 2. The molecule has 27 heavy (non-hydrogen) atoms. The van der Waals surface area contributed by atoms with Gasteiger partial charge in [0.25, 0.3) is 0 Å². The van der Waals surface area contributed by atoms with E-state index in [0.29, 0.717) is 0 Å². The Morgan fingerprint density at radius 2 is 0.963 bits per heavy atom. The van der Waals surface area contributed by atoms with E-state index in [1.165, 1.54) is 64.5 Å². The fourth-order valence-corrected chi connectivity index (χ4v) is 14.9. The van der Waals surface area contributed by atoms with E-state index in [2.05, 4.69) is 23.8 Å². The van der Waals surface area contributed by atoms with Crippen LogP contribution in [0.15, 0.2) is 0 Å². The van der Waals surface area contributed by atoms with Crippen molar-refractivity contribution < 1.29 is 0 Å². The van der Waals surface area contributed by atoms with E-state index in [4.69, 9.17) is 0 Å². The molecule has 4 saturated carbocycles. The van der Waals surface area contributed by atoms with Gasteiger partial charge in [0.05, 0.1) is 0 Å². The maximum absolute atomic E-state index is 4.33. The summed E-state index contributed by atoms with van der Waals surface area (Å²) in [5, 5.41) is 0. The molecule has 0 amide bonds. The molecule has 156 valence electrons. The van der Waals surface area contributed by atoms with Crippen LogP contribution in [0.1, 0.15) is 104 Å². The Morgan fingerprint density at radius 3 is 1.41 bits per heavy atom. The molecule has 4 rings (SSSR count). The minimum absolute atomic E-state index is 1.00. The van der Waals surface area contributed by atoms with Gasteiger partial charge in [0, 0.05) is 0 Å². The van der Waals surface area contributed by atoms with Crippen molar-refractivity contribution in [3.8, 4) is 0 Å². The highest BCUT2D eigenvalue weighted by atomic mass is 28.3. The Labute approximate surface area is 170 Å². The monoisotopic (exact) mass is 390 g/mol. The van der Waals surface area contributed by atoms with Gasteiger partial charge in [0.2, 0.25) is 8.40 Å². The van der Waals surface area contributed by atoms with Gasteiger partial charge in [0.1, 0.15) is 0 Å². The Hall–Kier alpha value is 0.137. The zero-order chi connectivity index (χ0) is 18.7. The highest BCUT2D eigenvalue weighted by Crippen LogP contribution is 2.57. The number of rotatable bonds is 6. The van der Waals surface area contributed by atoms with Crippen LogP contribution in [0.4, 0.5) is 0 Å². The van der Waals surface area contributed by atoms with Crippen molar-refractivity contribution in [1.29, 1.82) is 0 Å². The van der Waals surface area contributed by atoms with Crippen molar-refractivity contribution in [2.24, 2.45) is 23.7 Å². The lowest BCUT2D eigenvalue weighted by Crippen LogP contribution is -2.72. The quantitative estimate of drug-likeness (QED) is 0.515. The van der Waals surface area contributed by atoms with Gasteiger partial charge in [0.15, 0.2) is 0 Å². The predicted molar refractivity (Wildman–Crippen MR) is 119 cm³/mol. The molecule has 0 aromatic carbocycles. The molecule has 0 aliphatic heterocycles. The Balaban J connectivity index is 1.67. The van der Waals surface area contributed by atoms with Crippen molar-refractivity contribution in [2.75, 3.05) is 13.1 Å². The van der Waals surface area contributed by atoms with Gasteiger partial charge in [-0.2, -0.15) is 0 Å². The van der Waals surface area contributed by atoms with E-state index >= 15 is 0 Å². The molecule has 0 heterocycles. The molecule has 0 bridgehead atoms. The Kier molecular flexibility index (Phi) is 7.03. The molecule has 0 radical (unpaired) electrons. The van der Waals surface area contributed by atoms with Gasteiger partial charge < -0.3 is 9.96 Å². The summed E-state index contributed by atoms with van der Waals surface area (Å²) in [5.41, 5.74) is 2.00. The molecular formula is C24H46N2Si. The predicted octanol–water partition coefficient (Wildman–Crippen LogP) is 6.37. The van der Waals surface area contributed by atoms with Gasteiger partial charge in [-0.3, -0.25) is 0 Å². The SMILES string of the molecule is CCN[Si](NCC)(C1CCCC2CCCCC21)C1CCCC2CCCCC21. The van der Waals surface area contributed by atoms with Crippen LogP contribution in [0.2, 0.25) is 11.1 Å². The first-order valence-electron chi connectivity index (χ1n) is 12.8. The maximum Gasteiger partial charge on any atom is 0.208 e. The van der Waals surface area contributed by atoms with E-state index in [1.807, 2.05) is 0 Å². The molecule has 4 aliphatic rings. The van der Waals surface area contributed by atoms with Crippen LogP contribution in [0.5, 0.6) is 0 Å². The van der Waals surface area contributed by atoms with Gasteiger partial charge in [-0.1, -0.05) is 104 Å². The summed E-state index contributed by atoms with van der Waals surface area (Å²) in [6.07, 6.45) is 21.4. The normalized spacial score (nSPS) is 40.2. The topological polar surface area (TPSA) is 24.1 Å². The second-order valence-electron chi connectivity index (χ2n) is 10.4. The van der Waals surface area contributed by atoms with Crippen LogP contribution in [-0.4, -0.2) is 21.5 Å². The van der Waals surface area contributed by atoms with Crippen LogP contribution < -0.4 is 9.96 Å². The summed E-state index contributed by atoms with van der Waals surface area (Å²) in [6.45, 7) is 7.14. The lowest BCUT2D eigenvalue weighted by molar-refractivity contribution is 0.143. The summed E-state index contributed by atoms with van der Waals surface area (Å²) in [4.78, 5) is 8.66.